The fraction of sp³-hybridized carbons (Fsp3) is 0.643. The summed E-state index contributed by atoms with van der Waals surface area (Å²) in [4.78, 5) is 4.35. The van der Waals surface area contributed by atoms with Crippen LogP contribution in [0.4, 0.5) is 0 Å². The van der Waals surface area contributed by atoms with Crippen LogP contribution in [0.15, 0.2) is 12.3 Å². The highest BCUT2D eigenvalue weighted by Gasteiger charge is 2.15. The summed E-state index contributed by atoms with van der Waals surface area (Å²) in [7, 11) is 3.30. The zero-order chi connectivity index (χ0) is 12.8. The van der Waals surface area contributed by atoms with E-state index in [1.54, 1.807) is 20.4 Å². The molecule has 1 aromatic rings. The molecule has 1 saturated carbocycles. The van der Waals surface area contributed by atoms with Gasteiger partial charge in [0.05, 0.1) is 19.9 Å². The summed E-state index contributed by atoms with van der Waals surface area (Å²) in [6.45, 7) is 1.80. The molecule has 2 rings (SSSR count). The van der Waals surface area contributed by atoms with Crippen molar-refractivity contribution in [3.8, 4) is 11.5 Å². The van der Waals surface area contributed by atoms with Crippen molar-refractivity contribution >= 4 is 0 Å². The maximum Gasteiger partial charge on any atom is 0.183 e. The smallest absolute Gasteiger partial charge is 0.183 e. The molecule has 0 aromatic carbocycles. The normalized spacial score (nSPS) is 15.9. The van der Waals surface area contributed by atoms with E-state index in [4.69, 9.17) is 9.47 Å². The van der Waals surface area contributed by atoms with Gasteiger partial charge in [-0.25, -0.2) is 0 Å². The maximum atomic E-state index is 5.36. The third-order valence-corrected chi connectivity index (χ3v) is 3.57. The Morgan fingerprint density at radius 3 is 2.72 bits per heavy atom. The van der Waals surface area contributed by atoms with E-state index in [2.05, 4.69) is 10.3 Å². The van der Waals surface area contributed by atoms with Crippen molar-refractivity contribution in [1.29, 1.82) is 0 Å². The van der Waals surface area contributed by atoms with Crippen LogP contribution in [0.25, 0.3) is 0 Å². The first-order valence-corrected chi connectivity index (χ1v) is 6.61. The minimum Gasteiger partial charge on any atom is -0.493 e. The van der Waals surface area contributed by atoms with E-state index in [0.29, 0.717) is 0 Å². The van der Waals surface area contributed by atoms with Crippen LogP contribution in [0.5, 0.6) is 11.5 Å². The lowest BCUT2D eigenvalue weighted by Crippen LogP contribution is -2.21. The van der Waals surface area contributed by atoms with E-state index >= 15 is 0 Å². The van der Waals surface area contributed by atoms with E-state index < -0.39 is 0 Å². The molecule has 0 atom stereocenters. The van der Waals surface area contributed by atoms with Gasteiger partial charge in [0.1, 0.15) is 0 Å². The van der Waals surface area contributed by atoms with Crippen LogP contribution in [0.3, 0.4) is 0 Å². The lowest BCUT2D eigenvalue weighted by Gasteiger charge is -2.13. The molecule has 0 aliphatic heterocycles. The van der Waals surface area contributed by atoms with Gasteiger partial charge in [0.15, 0.2) is 11.5 Å². The van der Waals surface area contributed by atoms with Crippen molar-refractivity contribution in [2.24, 2.45) is 5.92 Å². The molecular weight excluding hydrogens is 228 g/mol. The monoisotopic (exact) mass is 250 g/mol. The summed E-state index contributed by atoms with van der Waals surface area (Å²) in [5, 5.41) is 3.47. The summed E-state index contributed by atoms with van der Waals surface area (Å²) in [5.74, 6) is 2.31. The van der Waals surface area contributed by atoms with Gasteiger partial charge in [-0.05, 0) is 25.3 Å². The Balaban J connectivity index is 1.91. The predicted molar refractivity (Wildman–Crippen MR) is 71.0 cm³/mol. The molecule has 1 aliphatic carbocycles. The number of methoxy groups -OCH3 is 2. The number of hydrogen-bond acceptors (Lipinski definition) is 4. The zero-order valence-corrected chi connectivity index (χ0v) is 11.2. The Morgan fingerprint density at radius 1 is 1.28 bits per heavy atom. The second-order valence-electron chi connectivity index (χ2n) is 4.77. The average Bonchev–Trinajstić information content (AvgIpc) is 2.91. The summed E-state index contributed by atoms with van der Waals surface area (Å²) >= 11 is 0. The minimum absolute atomic E-state index is 0.733. The molecule has 1 aromatic heterocycles. The molecule has 0 saturated heterocycles. The van der Waals surface area contributed by atoms with Gasteiger partial charge in [-0.2, -0.15) is 0 Å². The van der Waals surface area contributed by atoms with Gasteiger partial charge in [0.2, 0.25) is 0 Å². The van der Waals surface area contributed by atoms with Crippen molar-refractivity contribution in [2.75, 3.05) is 20.8 Å². The summed E-state index contributed by atoms with van der Waals surface area (Å²) in [5.41, 5.74) is 0.912. The molecule has 4 nitrogen and oxygen atoms in total. The molecule has 18 heavy (non-hydrogen) atoms. The second kappa shape index (κ2) is 6.59. The largest absolute Gasteiger partial charge is 0.493 e. The number of ether oxygens (including phenoxy) is 2. The van der Waals surface area contributed by atoms with Crippen molar-refractivity contribution in [2.45, 2.75) is 32.2 Å². The van der Waals surface area contributed by atoms with Gasteiger partial charge in [-0.1, -0.05) is 12.8 Å². The van der Waals surface area contributed by atoms with Gasteiger partial charge in [-0.3, -0.25) is 4.98 Å². The molecule has 1 aliphatic rings. The first kappa shape index (κ1) is 13.1. The summed E-state index contributed by atoms with van der Waals surface area (Å²) < 4.78 is 10.6. The van der Waals surface area contributed by atoms with Crippen LogP contribution in [0, 0.1) is 5.92 Å². The molecule has 0 unspecified atom stereocenters. The Labute approximate surface area is 109 Å². The topological polar surface area (TPSA) is 43.4 Å². The molecule has 1 fully saturated rings. The average molecular weight is 250 g/mol. The number of hydrogen-bond donors (Lipinski definition) is 1. The number of aromatic nitrogens is 1. The first-order chi connectivity index (χ1) is 8.85. The molecule has 0 radical (unpaired) electrons. The SMILES string of the molecule is COc1ccnc(CNCC2CCCC2)c1OC. The third-order valence-electron chi connectivity index (χ3n) is 3.57. The van der Waals surface area contributed by atoms with E-state index in [9.17, 15) is 0 Å². The Kier molecular flexibility index (Phi) is 4.81. The quantitative estimate of drug-likeness (QED) is 0.842. The third kappa shape index (κ3) is 3.13. The molecule has 0 amide bonds. The van der Waals surface area contributed by atoms with Gasteiger partial charge >= 0.3 is 0 Å². The zero-order valence-electron chi connectivity index (χ0n) is 11.2. The molecule has 4 heteroatoms. The van der Waals surface area contributed by atoms with Gasteiger partial charge in [0.25, 0.3) is 0 Å². The van der Waals surface area contributed by atoms with Crippen LogP contribution < -0.4 is 14.8 Å². The van der Waals surface area contributed by atoms with Crippen LogP contribution in [0.2, 0.25) is 0 Å². The molecule has 1 heterocycles. The van der Waals surface area contributed by atoms with E-state index in [1.165, 1.54) is 25.7 Å². The van der Waals surface area contributed by atoms with Crippen LogP contribution in [-0.2, 0) is 6.54 Å². The second-order valence-corrected chi connectivity index (χ2v) is 4.77. The maximum absolute atomic E-state index is 5.36. The Bertz CT molecular complexity index is 376. The van der Waals surface area contributed by atoms with E-state index in [0.717, 1.165) is 36.2 Å². The number of rotatable bonds is 6. The molecular formula is C14H22N2O2. The van der Waals surface area contributed by atoms with E-state index in [-0.39, 0.29) is 0 Å². The highest BCUT2D eigenvalue weighted by atomic mass is 16.5. The minimum atomic E-state index is 0.733. The van der Waals surface area contributed by atoms with Gasteiger partial charge < -0.3 is 14.8 Å². The van der Waals surface area contributed by atoms with Gasteiger partial charge in [0, 0.05) is 18.8 Å². The van der Waals surface area contributed by atoms with Crippen molar-refractivity contribution in [3.63, 3.8) is 0 Å². The number of nitrogens with zero attached hydrogens (tertiary/aromatic N) is 1. The molecule has 0 bridgehead atoms. The van der Waals surface area contributed by atoms with Crippen LogP contribution in [-0.4, -0.2) is 25.7 Å². The highest BCUT2D eigenvalue weighted by Crippen LogP contribution is 2.29. The highest BCUT2D eigenvalue weighted by molar-refractivity contribution is 5.42. The Morgan fingerprint density at radius 2 is 2.06 bits per heavy atom. The van der Waals surface area contributed by atoms with Crippen molar-refractivity contribution in [1.82, 2.24) is 10.3 Å². The van der Waals surface area contributed by atoms with Crippen molar-refractivity contribution in [3.05, 3.63) is 18.0 Å². The Hall–Kier alpha value is -1.29. The standard InChI is InChI=1S/C14H22N2O2/c1-17-13-7-8-16-12(14(13)18-2)10-15-9-11-5-3-4-6-11/h7-8,11,15H,3-6,9-10H2,1-2H3. The lowest BCUT2D eigenvalue weighted by atomic mass is 10.1. The molecule has 0 spiro atoms. The molecule has 1 N–H and O–H groups in total. The summed E-state index contributed by atoms with van der Waals surface area (Å²) in [6, 6.07) is 1.82. The fourth-order valence-corrected chi connectivity index (χ4v) is 2.59. The number of nitrogens with one attached hydrogen (secondary N) is 1. The number of pyridine rings is 1. The van der Waals surface area contributed by atoms with E-state index in [1.807, 2.05) is 6.07 Å². The first-order valence-electron chi connectivity index (χ1n) is 6.61. The van der Waals surface area contributed by atoms with Crippen LogP contribution in [0.1, 0.15) is 31.4 Å². The van der Waals surface area contributed by atoms with Crippen molar-refractivity contribution < 1.29 is 9.47 Å². The summed E-state index contributed by atoms with van der Waals surface area (Å²) in [6.07, 6.45) is 7.24. The van der Waals surface area contributed by atoms with Crippen LogP contribution >= 0.6 is 0 Å². The predicted octanol–water partition coefficient (Wildman–Crippen LogP) is 2.38. The van der Waals surface area contributed by atoms with Gasteiger partial charge in [-0.15, -0.1) is 0 Å². The molecule has 100 valence electrons. The fourth-order valence-electron chi connectivity index (χ4n) is 2.59. The lowest BCUT2D eigenvalue weighted by molar-refractivity contribution is 0.347.